The van der Waals surface area contributed by atoms with E-state index in [0.717, 1.165) is 5.02 Å². The van der Waals surface area contributed by atoms with Crippen LogP contribution in [0.5, 0.6) is 0 Å². The summed E-state index contributed by atoms with van der Waals surface area (Å²) in [5.74, 6) is 0. The van der Waals surface area contributed by atoms with Gasteiger partial charge < -0.3 is 4.74 Å². The zero-order valence-electron chi connectivity index (χ0n) is 8.10. The molecule has 70 valence electrons. The van der Waals surface area contributed by atoms with Crippen LogP contribution in [0.1, 0.15) is 26.3 Å². The second kappa shape index (κ2) is 2.49. The van der Waals surface area contributed by atoms with Gasteiger partial charge in [-0.1, -0.05) is 23.7 Å². The summed E-state index contributed by atoms with van der Waals surface area (Å²) >= 11 is 5.81. The van der Waals surface area contributed by atoms with Crippen molar-refractivity contribution in [1.29, 1.82) is 0 Å². The second-order valence-electron chi connectivity index (χ2n) is 4.15. The van der Waals surface area contributed by atoms with E-state index in [1.165, 1.54) is 5.56 Å². The third kappa shape index (κ3) is 1.27. The van der Waals surface area contributed by atoms with E-state index in [0.29, 0.717) is 0 Å². The summed E-state index contributed by atoms with van der Waals surface area (Å²) in [6.45, 7) is 6.31. The van der Waals surface area contributed by atoms with Crippen LogP contribution in [0.4, 0.5) is 0 Å². The average molecular weight is 197 g/mol. The molecule has 1 heterocycles. The van der Waals surface area contributed by atoms with E-state index in [9.17, 15) is 0 Å². The van der Waals surface area contributed by atoms with Crippen LogP contribution in [0, 0.1) is 0 Å². The van der Waals surface area contributed by atoms with Crippen molar-refractivity contribution in [2.45, 2.75) is 32.0 Å². The van der Waals surface area contributed by atoms with Crippen molar-refractivity contribution in [2.75, 3.05) is 0 Å². The molecule has 2 rings (SSSR count). The molecule has 0 bridgehead atoms. The first kappa shape index (κ1) is 9.04. The Labute approximate surface area is 83.7 Å². The quantitative estimate of drug-likeness (QED) is 0.628. The SMILES string of the molecule is CC1(C)OC1(C)c1ccc(Cl)cc1. The fraction of sp³-hybridized carbons (Fsp3) is 0.455. The molecule has 1 unspecified atom stereocenters. The molecule has 1 nitrogen and oxygen atoms in total. The molecule has 0 N–H and O–H groups in total. The Kier molecular flexibility index (Phi) is 1.73. The third-order valence-corrected chi connectivity index (χ3v) is 3.21. The second-order valence-corrected chi connectivity index (χ2v) is 4.59. The number of hydrogen-bond acceptors (Lipinski definition) is 1. The van der Waals surface area contributed by atoms with E-state index in [1.807, 2.05) is 24.3 Å². The molecule has 1 aromatic rings. The number of ether oxygens (including phenoxy) is 1. The van der Waals surface area contributed by atoms with E-state index in [2.05, 4.69) is 20.8 Å². The fourth-order valence-corrected chi connectivity index (χ4v) is 1.79. The molecule has 1 fully saturated rings. The lowest BCUT2D eigenvalue weighted by Gasteiger charge is -2.08. The van der Waals surface area contributed by atoms with Crippen molar-refractivity contribution in [3.63, 3.8) is 0 Å². The number of hydrogen-bond donors (Lipinski definition) is 0. The Bertz CT molecular complexity index is 328. The van der Waals surface area contributed by atoms with Gasteiger partial charge in [-0.25, -0.2) is 0 Å². The maximum Gasteiger partial charge on any atom is 0.119 e. The predicted octanol–water partition coefficient (Wildman–Crippen LogP) is 3.36. The molecule has 0 amide bonds. The molecular formula is C11H13ClO. The van der Waals surface area contributed by atoms with Crippen molar-refractivity contribution >= 4 is 11.6 Å². The lowest BCUT2D eigenvalue weighted by atomic mass is 9.90. The Morgan fingerprint density at radius 2 is 1.54 bits per heavy atom. The minimum atomic E-state index is -0.127. The van der Waals surface area contributed by atoms with E-state index in [1.54, 1.807) is 0 Å². The van der Waals surface area contributed by atoms with Gasteiger partial charge in [-0.3, -0.25) is 0 Å². The summed E-state index contributed by atoms with van der Waals surface area (Å²) in [4.78, 5) is 0. The van der Waals surface area contributed by atoms with Gasteiger partial charge in [-0.2, -0.15) is 0 Å². The van der Waals surface area contributed by atoms with Crippen LogP contribution in [-0.2, 0) is 10.3 Å². The zero-order chi connectivity index (χ0) is 9.69. The van der Waals surface area contributed by atoms with Gasteiger partial charge in [-0.15, -0.1) is 0 Å². The Balaban J connectivity index is 2.34. The number of benzene rings is 1. The highest BCUT2D eigenvalue weighted by atomic mass is 35.5. The molecule has 0 aliphatic carbocycles. The van der Waals surface area contributed by atoms with Crippen LogP contribution < -0.4 is 0 Å². The van der Waals surface area contributed by atoms with Crippen molar-refractivity contribution in [2.24, 2.45) is 0 Å². The van der Waals surface area contributed by atoms with Crippen molar-refractivity contribution in [1.82, 2.24) is 0 Å². The molecule has 0 radical (unpaired) electrons. The van der Waals surface area contributed by atoms with Gasteiger partial charge in [-0.05, 0) is 38.5 Å². The van der Waals surface area contributed by atoms with Gasteiger partial charge in [0.1, 0.15) is 5.60 Å². The fourth-order valence-electron chi connectivity index (χ4n) is 1.66. The van der Waals surface area contributed by atoms with Gasteiger partial charge >= 0.3 is 0 Å². The monoisotopic (exact) mass is 196 g/mol. The maximum atomic E-state index is 5.81. The van der Waals surface area contributed by atoms with Gasteiger partial charge in [0.2, 0.25) is 0 Å². The van der Waals surface area contributed by atoms with Crippen LogP contribution in [-0.4, -0.2) is 5.60 Å². The van der Waals surface area contributed by atoms with E-state index < -0.39 is 0 Å². The summed E-state index contributed by atoms with van der Waals surface area (Å²) in [6, 6.07) is 7.86. The summed E-state index contributed by atoms with van der Waals surface area (Å²) < 4.78 is 5.67. The highest BCUT2D eigenvalue weighted by molar-refractivity contribution is 6.30. The number of rotatable bonds is 1. The summed E-state index contributed by atoms with van der Waals surface area (Å²) in [5.41, 5.74) is 1.03. The molecule has 1 saturated heterocycles. The van der Waals surface area contributed by atoms with Crippen LogP contribution in [0.15, 0.2) is 24.3 Å². The van der Waals surface area contributed by atoms with Gasteiger partial charge in [0.05, 0.1) is 5.60 Å². The molecule has 0 saturated carbocycles. The molecule has 13 heavy (non-hydrogen) atoms. The Hall–Kier alpha value is -0.530. The predicted molar refractivity (Wildman–Crippen MR) is 54.0 cm³/mol. The molecular weight excluding hydrogens is 184 g/mol. The first-order chi connectivity index (χ1) is 5.96. The van der Waals surface area contributed by atoms with E-state index in [-0.39, 0.29) is 11.2 Å². The molecule has 1 aromatic carbocycles. The van der Waals surface area contributed by atoms with Crippen LogP contribution in [0.25, 0.3) is 0 Å². The zero-order valence-corrected chi connectivity index (χ0v) is 8.85. The maximum absolute atomic E-state index is 5.81. The third-order valence-electron chi connectivity index (χ3n) is 2.96. The van der Waals surface area contributed by atoms with Crippen LogP contribution >= 0.6 is 11.6 Å². The van der Waals surface area contributed by atoms with Gasteiger partial charge in [0.25, 0.3) is 0 Å². The summed E-state index contributed by atoms with van der Waals surface area (Å²) in [7, 11) is 0. The number of halogens is 1. The normalized spacial score (nSPS) is 30.2. The Morgan fingerprint density at radius 3 is 1.92 bits per heavy atom. The van der Waals surface area contributed by atoms with Crippen molar-refractivity contribution < 1.29 is 4.74 Å². The first-order valence-corrected chi connectivity index (χ1v) is 4.80. The molecule has 0 spiro atoms. The molecule has 0 aromatic heterocycles. The lowest BCUT2D eigenvalue weighted by molar-refractivity contribution is 0.288. The average Bonchev–Trinajstić information content (AvgIpc) is 2.53. The highest BCUT2D eigenvalue weighted by Gasteiger charge is 2.60. The molecule has 2 heteroatoms. The lowest BCUT2D eigenvalue weighted by Crippen LogP contribution is -2.13. The number of epoxide rings is 1. The molecule has 1 aliphatic heterocycles. The minimum Gasteiger partial charge on any atom is -0.358 e. The highest BCUT2D eigenvalue weighted by Crippen LogP contribution is 2.54. The smallest absolute Gasteiger partial charge is 0.119 e. The van der Waals surface area contributed by atoms with E-state index >= 15 is 0 Å². The van der Waals surface area contributed by atoms with Gasteiger partial charge in [0.15, 0.2) is 0 Å². The van der Waals surface area contributed by atoms with Crippen LogP contribution in [0.3, 0.4) is 0 Å². The summed E-state index contributed by atoms with van der Waals surface area (Å²) in [6.07, 6.45) is 0. The minimum absolute atomic E-state index is 0.0408. The molecule has 1 aliphatic rings. The van der Waals surface area contributed by atoms with Crippen molar-refractivity contribution in [3.8, 4) is 0 Å². The largest absolute Gasteiger partial charge is 0.358 e. The topological polar surface area (TPSA) is 12.5 Å². The molecule has 1 atom stereocenters. The van der Waals surface area contributed by atoms with Crippen molar-refractivity contribution in [3.05, 3.63) is 34.9 Å². The van der Waals surface area contributed by atoms with Gasteiger partial charge in [0, 0.05) is 5.02 Å². The Morgan fingerprint density at radius 1 is 1.08 bits per heavy atom. The first-order valence-electron chi connectivity index (χ1n) is 4.42. The van der Waals surface area contributed by atoms with Crippen LogP contribution in [0.2, 0.25) is 5.02 Å². The van der Waals surface area contributed by atoms with E-state index in [4.69, 9.17) is 16.3 Å². The summed E-state index contributed by atoms with van der Waals surface area (Å²) in [5, 5.41) is 0.769. The standard InChI is InChI=1S/C11H13ClO/c1-10(2)11(3,13-10)8-4-6-9(12)7-5-8/h4-7H,1-3H3.